The maximum absolute atomic E-state index is 12.1. The zero-order chi connectivity index (χ0) is 15.5. The van der Waals surface area contributed by atoms with Crippen LogP contribution in [-0.2, 0) is 0 Å². The van der Waals surface area contributed by atoms with E-state index in [-0.39, 0.29) is 11.3 Å². The Morgan fingerprint density at radius 1 is 1.19 bits per heavy atom. The summed E-state index contributed by atoms with van der Waals surface area (Å²) in [7, 11) is 0. The molecule has 1 aromatic carbocycles. The van der Waals surface area contributed by atoms with Crippen LogP contribution < -0.4 is 4.74 Å². The summed E-state index contributed by atoms with van der Waals surface area (Å²) in [6.07, 6.45) is -2.80. The first-order valence-electron chi connectivity index (χ1n) is 6.06. The number of halogens is 3. The van der Waals surface area contributed by atoms with Gasteiger partial charge in [-0.25, -0.2) is 0 Å². The van der Waals surface area contributed by atoms with Crippen LogP contribution in [0.3, 0.4) is 0 Å². The fraction of sp³-hybridized carbons (Fsp3) is 0.200. The second-order valence-electron chi connectivity index (χ2n) is 4.41. The van der Waals surface area contributed by atoms with Gasteiger partial charge in [-0.1, -0.05) is 12.1 Å². The van der Waals surface area contributed by atoms with Crippen LogP contribution in [0.1, 0.15) is 11.3 Å². The summed E-state index contributed by atoms with van der Waals surface area (Å²) < 4.78 is 41.1. The van der Waals surface area contributed by atoms with E-state index in [0.717, 1.165) is 11.3 Å². The van der Waals surface area contributed by atoms with Gasteiger partial charge in [-0.05, 0) is 30.7 Å². The Kier molecular flexibility index (Phi) is 4.13. The van der Waals surface area contributed by atoms with E-state index in [1.165, 1.54) is 12.1 Å². The second-order valence-corrected chi connectivity index (χ2v) is 4.41. The highest BCUT2D eigenvalue weighted by molar-refractivity contribution is 5.66. The predicted octanol–water partition coefficient (Wildman–Crippen LogP) is 3.87. The molecule has 6 heteroatoms. The van der Waals surface area contributed by atoms with Crippen LogP contribution in [-0.4, -0.2) is 17.8 Å². The zero-order valence-electron chi connectivity index (χ0n) is 11.1. The van der Waals surface area contributed by atoms with Gasteiger partial charge in [0.2, 0.25) is 0 Å². The largest absolute Gasteiger partial charge is 0.483 e. The lowest BCUT2D eigenvalue weighted by Crippen LogP contribution is -2.19. The molecule has 0 spiro atoms. The summed E-state index contributed by atoms with van der Waals surface area (Å²) in [5, 5.41) is 9.04. The van der Waals surface area contributed by atoms with Gasteiger partial charge in [-0.2, -0.15) is 18.4 Å². The third kappa shape index (κ3) is 3.96. The van der Waals surface area contributed by atoms with E-state index < -0.39 is 12.8 Å². The topological polar surface area (TPSA) is 45.9 Å². The standard InChI is InChI=1S/C15H11F3N2O/c1-10-2-3-12(8-20-10)11-4-5-14(13(6-11)7-19)21-9-15(16,17)18/h2-6,8H,9H2,1H3. The van der Waals surface area contributed by atoms with Crippen LogP contribution in [0, 0.1) is 18.3 Å². The number of hydrogen-bond donors (Lipinski definition) is 0. The highest BCUT2D eigenvalue weighted by atomic mass is 19.4. The summed E-state index contributed by atoms with van der Waals surface area (Å²) in [6, 6.07) is 9.92. The Hall–Kier alpha value is -2.55. The molecular weight excluding hydrogens is 281 g/mol. The molecule has 0 saturated heterocycles. The molecule has 0 aliphatic rings. The molecule has 0 amide bonds. The van der Waals surface area contributed by atoms with Crippen molar-refractivity contribution in [1.82, 2.24) is 4.98 Å². The predicted molar refractivity (Wildman–Crippen MR) is 70.7 cm³/mol. The second kappa shape index (κ2) is 5.83. The van der Waals surface area contributed by atoms with Gasteiger partial charge in [0.15, 0.2) is 6.61 Å². The Bertz CT molecular complexity index is 673. The molecule has 3 nitrogen and oxygen atoms in total. The highest BCUT2D eigenvalue weighted by Gasteiger charge is 2.28. The number of aromatic nitrogens is 1. The number of nitrogens with zero attached hydrogens (tertiary/aromatic N) is 2. The van der Waals surface area contributed by atoms with Crippen LogP contribution in [0.5, 0.6) is 5.75 Å². The maximum atomic E-state index is 12.1. The van der Waals surface area contributed by atoms with Crippen molar-refractivity contribution < 1.29 is 17.9 Å². The summed E-state index contributed by atoms with van der Waals surface area (Å²) in [5.41, 5.74) is 2.37. The lowest BCUT2D eigenvalue weighted by molar-refractivity contribution is -0.153. The number of benzene rings is 1. The van der Waals surface area contributed by atoms with E-state index in [1.807, 2.05) is 25.1 Å². The Labute approximate surface area is 119 Å². The molecule has 2 aromatic rings. The Balaban J connectivity index is 2.28. The van der Waals surface area contributed by atoms with Crippen LogP contribution >= 0.6 is 0 Å². The molecule has 1 aromatic heterocycles. The van der Waals surface area contributed by atoms with Crippen LogP contribution in [0.4, 0.5) is 13.2 Å². The smallest absolute Gasteiger partial charge is 0.422 e. The van der Waals surface area contributed by atoms with Gasteiger partial charge in [0.05, 0.1) is 5.56 Å². The first-order valence-corrected chi connectivity index (χ1v) is 6.06. The number of pyridine rings is 1. The maximum Gasteiger partial charge on any atom is 0.422 e. The van der Waals surface area contributed by atoms with E-state index in [0.29, 0.717) is 5.56 Å². The van der Waals surface area contributed by atoms with Crippen molar-refractivity contribution in [2.45, 2.75) is 13.1 Å². The van der Waals surface area contributed by atoms with E-state index in [1.54, 1.807) is 12.3 Å². The average Bonchev–Trinajstić information content (AvgIpc) is 2.45. The molecule has 0 bridgehead atoms. The third-order valence-corrected chi connectivity index (χ3v) is 2.74. The van der Waals surface area contributed by atoms with Gasteiger partial charge in [0.1, 0.15) is 11.8 Å². The summed E-state index contributed by atoms with van der Waals surface area (Å²) in [4.78, 5) is 4.14. The lowest BCUT2D eigenvalue weighted by Gasteiger charge is -2.11. The number of aryl methyl sites for hydroxylation is 1. The fourth-order valence-corrected chi connectivity index (χ4v) is 1.72. The highest BCUT2D eigenvalue weighted by Crippen LogP contribution is 2.27. The average molecular weight is 292 g/mol. The molecule has 0 atom stereocenters. The fourth-order valence-electron chi connectivity index (χ4n) is 1.72. The first kappa shape index (κ1) is 14.9. The van der Waals surface area contributed by atoms with Crippen molar-refractivity contribution in [2.75, 3.05) is 6.61 Å². The molecule has 1 heterocycles. The van der Waals surface area contributed by atoms with Crippen molar-refractivity contribution in [3.8, 4) is 22.9 Å². The van der Waals surface area contributed by atoms with E-state index in [2.05, 4.69) is 9.72 Å². The quantitative estimate of drug-likeness (QED) is 0.862. The molecule has 0 N–H and O–H groups in total. The molecular formula is C15H11F3N2O. The molecule has 108 valence electrons. The van der Waals surface area contributed by atoms with Crippen molar-refractivity contribution >= 4 is 0 Å². The minimum absolute atomic E-state index is 0.0531. The van der Waals surface area contributed by atoms with Gasteiger partial charge in [-0.3, -0.25) is 4.98 Å². The van der Waals surface area contributed by atoms with Gasteiger partial charge >= 0.3 is 6.18 Å². The van der Waals surface area contributed by atoms with Gasteiger partial charge in [0.25, 0.3) is 0 Å². The summed E-state index contributed by atoms with van der Waals surface area (Å²) >= 11 is 0. The third-order valence-electron chi connectivity index (χ3n) is 2.74. The van der Waals surface area contributed by atoms with Gasteiger partial charge in [-0.15, -0.1) is 0 Å². The molecule has 0 aliphatic carbocycles. The van der Waals surface area contributed by atoms with E-state index in [4.69, 9.17) is 5.26 Å². The molecule has 2 rings (SSSR count). The molecule has 21 heavy (non-hydrogen) atoms. The number of alkyl halides is 3. The Morgan fingerprint density at radius 2 is 1.90 bits per heavy atom. The minimum atomic E-state index is -4.44. The van der Waals surface area contributed by atoms with Crippen molar-refractivity contribution in [3.05, 3.63) is 47.8 Å². The monoisotopic (exact) mass is 292 g/mol. The number of ether oxygens (including phenoxy) is 1. The molecule has 0 saturated carbocycles. The van der Waals surface area contributed by atoms with E-state index >= 15 is 0 Å². The molecule has 0 unspecified atom stereocenters. The number of rotatable bonds is 3. The number of nitriles is 1. The first-order chi connectivity index (χ1) is 9.89. The van der Waals surface area contributed by atoms with Gasteiger partial charge < -0.3 is 4.74 Å². The molecule has 0 aliphatic heterocycles. The van der Waals surface area contributed by atoms with E-state index in [9.17, 15) is 13.2 Å². The lowest BCUT2D eigenvalue weighted by atomic mass is 10.0. The van der Waals surface area contributed by atoms with Crippen LogP contribution in [0.15, 0.2) is 36.5 Å². The zero-order valence-corrected chi connectivity index (χ0v) is 11.1. The van der Waals surface area contributed by atoms with Crippen molar-refractivity contribution in [2.24, 2.45) is 0 Å². The van der Waals surface area contributed by atoms with Crippen molar-refractivity contribution in [3.63, 3.8) is 0 Å². The van der Waals surface area contributed by atoms with Crippen LogP contribution in [0.25, 0.3) is 11.1 Å². The SMILES string of the molecule is Cc1ccc(-c2ccc(OCC(F)(F)F)c(C#N)c2)cn1. The minimum Gasteiger partial charge on any atom is -0.483 e. The summed E-state index contributed by atoms with van der Waals surface area (Å²) in [6.45, 7) is 0.422. The van der Waals surface area contributed by atoms with Gasteiger partial charge in [0, 0.05) is 17.5 Å². The van der Waals surface area contributed by atoms with Crippen molar-refractivity contribution in [1.29, 1.82) is 5.26 Å². The molecule has 0 fully saturated rings. The number of hydrogen-bond acceptors (Lipinski definition) is 3. The Morgan fingerprint density at radius 3 is 2.48 bits per heavy atom. The normalized spacial score (nSPS) is 11.0. The van der Waals surface area contributed by atoms with Crippen LogP contribution in [0.2, 0.25) is 0 Å². The molecule has 0 radical (unpaired) electrons. The summed E-state index contributed by atoms with van der Waals surface area (Å²) in [5.74, 6) is -0.0846.